The Kier molecular flexibility index (Phi) is 6.36. The van der Waals surface area contributed by atoms with Gasteiger partial charge in [0.2, 0.25) is 0 Å². The number of hydrogen-bond donors (Lipinski definition) is 2. The highest BCUT2D eigenvalue weighted by molar-refractivity contribution is 5.89. The number of amides is 2. The minimum absolute atomic E-state index is 0.0386. The number of anilines is 1. The number of nitrogens with two attached hydrogens (primary N) is 1. The summed E-state index contributed by atoms with van der Waals surface area (Å²) < 4.78 is 0. The Morgan fingerprint density at radius 3 is 2.42 bits per heavy atom. The summed E-state index contributed by atoms with van der Waals surface area (Å²) in [7, 11) is 0. The average Bonchev–Trinajstić information content (AvgIpc) is 2.45. The molecule has 0 aromatic heterocycles. The Balaban J connectivity index is 2.60. The summed E-state index contributed by atoms with van der Waals surface area (Å²) in [5, 5.41) is 2.92. The monoisotopic (exact) mass is 263 g/mol. The molecule has 0 aliphatic rings. The van der Waals surface area contributed by atoms with Crippen LogP contribution in [-0.2, 0) is 6.54 Å². The number of carbonyl (C=O) groups excluding carboxylic acids is 1. The fraction of sp³-hybridized carbons (Fsp3) is 0.533. The molecule has 2 amide bonds. The number of nitrogens with one attached hydrogen (secondary N) is 1. The zero-order chi connectivity index (χ0) is 14.3. The van der Waals surface area contributed by atoms with E-state index in [1.54, 1.807) is 0 Å². The van der Waals surface area contributed by atoms with E-state index in [4.69, 9.17) is 5.73 Å². The first-order valence-corrected chi connectivity index (χ1v) is 6.95. The molecule has 1 aromatic carbocycles. The third-order valence-corrected chi connectivity index (χ3v) is 3.34. The van der Waals surface area contributed by atoms with Crippen molar-refractivity contribution in [2.75, 3.05) is 18.4 Å². The summed E-state index contributed by atoms with van der Waals surface area (Å²) in [5.41, 5.74) is 7.42. The predicted octanol–water partition coefficient (Wildman–Crippen LogP) is 3.05. The zero-order valence-corrected chi connectivity index (χ0v) is 12.1. The van der Waals surface area contributed by atoms with Gasteiger partial charge in [-0.05, 0) is 30.5 Å². The van der Waals surface area contributed by atoms with Gasteiger partial charge in [0.15, 0.2) is 0 Å². The molecule has 1 unspecified atom stereocenters. The molecule has 0 fully saturated rings. The second-order valence-corrected chi connectivity index (χ2v) is 4.88. The Morgan fingerprint density at radius 2 is 1.95 bits per heavy atom. The highest BCUT2D eigenvalue weighted by atomic mass is 16.2. The number of hydrogen-bond acceptors (Lipinski definition) is 2. The van der Waals surface area contributed by atoms with Crippen LogP contribution in [0.25, 0.3) is 0 Å². The normalized spacial score (nSPS) is 12.0. The summed E-state index contributed by atoms with van der Waals surface area (Å²) >= 11 is 0. The Labute approximate surface area is 116 Å². The summed E-state index contributed by atoms with van der Waals surface area (Å²) in [5.74, 6) is 0.519. The van der Waals surface area contributed by atoms with E-state index in [0.29, 0.717) is 12.5 Å². The maximum Gasteiger partial charge on any atom is 0.321 e. The summed E-state index contributed by atoms with van der Waals surface area (Å²) in [6.45, 7) is 8.33. The van der Waals surface area contributed by atoms with Gasteiger partial charge in [0.25, 0.3) is 0 Å². The summed E-state index contributed by atoms with van der Waals surface area (Å²) in [4.78, 5) is 14.0. The molecule has 4 heteroatoms. The van der Waals surface area contributed by atoms with Crippen LogP contribution in [0, 0.1) is 5.92 Å². The van der Waals surface area contributed by atoms with Gasteiger partial charge in [0, 0.05) is 25.3 Å². The number of nitrogens with zero attached hydrogens (tertiary/aromatic N) is 1. The minimum atomic E-state index is -0.0386. The van der Waals surface area contributed by atoms with Crippen molar-refractivity contribution in [1.82, 2.24) is 4.90 Å². The number of benzene rings is 1. The van der Waals surface area contributed by atoms with Crippen molar-refractivity contribution in [3.63, 3.8) is 0 Å². The second kappa shape index (κ2) is 7.79. The molecule has 3 N–H and O–H groups in total. The van der Waals surface area contributed by atoms with E-state index in [1.807, 2.05) is 36.1 Å². The third-order valence-electron chi connectivity index (χ3n) is 3.34. The van der Waals surface area contributed by atoms with Crippen LogP contribution in [0.15, 0.2) is 24.3 Å². The van der Waals surface area contributed by atoms with Gasteiger partial charge in [-0.2, -0.15) is 0 Å². The predicted molar refractivity (Wildman–Crippen MR) is 80.1 cm³/mol. The Morgan fingerprint density at radius 1 is 1.32 bits per heavy atom. The molecular weight excluding hydrogens is 238 g/mol. The fourth-order valence-electron chi connectivity index (χ4n) is 1.79. The smallest absolute Gasteiger partial charge is 0.321 e. The third kappa shape index (κ3) is 4.91. The van der Waals surface area contributed by atoms with Crippen LogP contribution in [0.5, 0.6) is 0 Å². The number of urea groups is 1. The van der Waals surface area contributed by atoms with Crippen LogP contribution in [0.2, 0.25) is 0 Å². The van der Waals surface area contributed by atoms with E-state index in [9.17, 15) is 4.79 Å². The summed E-state index contributed by atoms with van der Waals surface area (Å²) in [6, 6.07) is 7.60. The zero-order valence-electron chi connectivity index (χ0n) is 12.1. The lowest BCUT2D eigenvalue weighted by Gasteiger charge is -2.24. The molecule has 0 aliphatic carbocycles. The highest BCUT2D eigenvalue weighted by Gasteiger charge is 2.14. The van der Waals surface area contributed by atoms with Crippen LogP contribution < -0.4 is 11.1 Å². The van der Waals surface area contributed by atoms with Crippen molar-refractivity contribution in [3.8, 4) is 0 Å². The van der Waals surface area contributed by atoms with Crippen molar-refractivity contribution >= 4 is 11.7 Å². The first kappa shape index (κ1) is 15.5. The van der Waals surface area contributed by atoms with E-state index in [-0.39, 0.29) is 6.03 Å². The van der Waals surface area contributed by atoms with Crippen LogP contribution in [-0.4, -0.2) is 24.0 Å². The van der Waals surface area contributed by atoms with Crippen molar-refractivity contribution in [2.45, 2.75) is 33.7 Å². The molecule has 0 bridgehead atoms. The molecule has 1 rings (SSSR count). The van der Waals surface area contributed by atoms with Gasteiger partial charge < -0.3 is 16.0 Å². The van der Waals surface area contributed by atoms with Crippen LogP contribution in [0.4, 0.5) is 10.5 Å². The minimum Gasteiger partial charge on any atom is -0.326 e. The van der Waals surface area contributed by atoms with Gasteiger partial charge in [-0.15, -0.1) is 0 Å². The molecule has 0 spiro atoms. The van der Waals surface area contributed by atoms with Gasteiger partial charge >= 0.3 is 6.03 Å². The largest absolute Gasteiger partial charge is 0.326 e. The molecule has 1 aromatic rings. The van der Waals surface area contributed by atoms with Gasteiger partial charge in [0.05, 0.1) is 0 Å². The first-order chi connectivity index (χ1) is 9.10. The van der Waals surface area contributed by atoms with Gasteiger partial charge in [-0.3, -0.25) is 0 Å². The SMILES string of the molecule is CCC(C)CN(CC)C(=O)Nc1ccc(CN)cc1. The average molecular weight is 263 g/mol. The van der Waals surface area contributed by atoms with E-state index in [2.05, 4.69) is 19.2 Å². The highest BCUT2D eigenvalue weighted by Crippen LogP contribution is 2.11. The maximum atomic E-state index is 12.1. The molecule has 0 saturated carbocycles. The quantitative estimate of drug-likeness (QED) is 0.828. The Bertz CT molecular complexity index is 389. The first-order valence-electron chi connectivity index (χ1n) is 6.95. The van der Waals surface area contributed by atoms with Gasteiger partial charge in [-0.25, -0.2) is 4.79 Å². The van der Waals surface area contributed by atoms with Crippen molar-refractivity contribution < 1.29 is 4.79 Å². The second-order valence-electron chi connectivity index (χ2n) is 4.88. The van der Waals surface area contributed by atoms with Gasteiger partial charge in [0.1, 0.15) is 0 Å². The van der Waals surface area contributed by atoms with Crippen molar-refractivity contribution in [2.24, 2.45) is 11.7 Å². The molecule has 1 atom stereocenters. The topological polar surface area (TPSA) is 58.4 Å². The van der Waals surface area contributed by atoms with Gasteiger partial charge in [-0.1, -0.05) is 32.4 Å². The van der Waals surface area contributed by atoms with E-state index < -0.39 is 0 Å². The number of rotatable bonds is 6. The molecular formula is C15H25N3O. The lowest BCUT2D eigenvalue weighted by atomic mass is 10.1. The molecule has 0 heterocycles. The molecule has 106 valence electrons. The standard InChI is InChI=1S/C15H25N3O/c1-4-12(3)11-18(5-2)15(19)17-14-8-6-13(10-16)7-9-14/h6-9,12H,4-5,10-11,16H2,1-3H3,(H,17,19). The molecule has 0 saturated heterocycles. The van der Waals surface area contributed by atoms with Crippen LogP contribution in [0.3, 0.4) is 0 Å². The van der Waals surface area contributed by atoms with Crippen molar-refractivity contribution in [3.05, 3.63) is 29.8 Å². The van der Waals surface area contributed by atoms with Crippen LogP contribution >= 0.6 is 0 Å². The Hall–Kier alpha value is -1.55. The van der Waals surface area contributed by atoms with Crippen molar-refractivity contribution in [1.29, 1.82) is 0 Å². The molecule has 0 aliphatic heterocycles. The molecule has 0 radical (unpaired) electrons. The lowest BCUT2D eigenvalue weighted by molar-refractivity contribution is 0.205. The molecule has 4 nitrogen and oxygen atoms in total. The molecule has 19 heavy (non-hydrogen) atoms. The van der Waals surface area contributed by atoms with E-state index >= 15 is 0 Å². The lowest BCUT2D eigenvalue weighted by Crippen LogP contribution is -2.37. The van der Waals surface area contributed by atoms with Crippen LogP contribution in [0.1, 0.15) is 32.8 Å². The number of carbonyl (C=O) groups is 1. The summed E-state index contributed by atoms with van der Waals surface area (Å²) in [6.07, 6.45) is 1.08. The van der Waals surface area contributed by atoms with E-state index in [0.717, 1.165) is 30.8 Å². The fourth-order valence-corrected chi connectivity index (χ4v) is 1.79. The van der Waals surface area contributed by atoms with E-state index in [1.165, 1.54) is 0 Å². The maximum absolute atomic E-state index is 12.1.